The molecule has 2 rings (SSSR count). The molecule has 0 spiro atoms. The minimum absolute atomic E-state index is 0.0178. The molecule has 0 aromatic carbocycles. The number of rotatable bonds is 9. The van der Waals surface area contributed by atoms with Crippen LogP contribution in [0.15, 0.2) is 23.0 Å². The highest BCUT2D eigenvalue weighted by Gasteiger charge is 2.24. The Kier molecular flexibility index (Phi) is 7.13. The normalized spacial score (nSPS) is 17.2. The van der Waals surface area contributed by atoms with Gasteiger partial charge < -0.3 is 19.4 Å². The Labute approximate surface area is 137 Å². The first-order valence-electron chi connectivity index (χ1n) is 8.40. The summed E-state index contributed by atoms with van der Waals surface area (Å²) in [7, 11) is 0. The zero-order chi connectivity index (χ0) is 16.5. The van der Waals surface area contributed by atoms with Crippen LogP contribution in [0.1, 0.15) is 49.4 Å². The Hall–Kier alpha value is -1.82. The van der Waals surface area contributed by atoms with E-state index in [1.165, 1.54) is 12.5 Å². The monoisotopic (exact) mass is 322 g/mol. The Bertz CT molecular complexity index is 481. The van der Waals surface area contributed by atoms with Crippen molar-refractivity contribution in [1.82, 2.24) is 10.2 Å². The smallest absolute Gasteiger partial charge is 0.257 e. The molecule has 1 saturated heterocycles. The van der Waals surface area contributed by atoms with Crippen LogP contribution < -0.4 is 5.32 Å². The Balaban J connectivity index is 1.87. The van der Waals surface area contributed by atoms with Crippen LogP contribution in [0.25, 0.3) is 0 Å². The van der Waals surface area contributed by atoms with Crippen LogP contribution >= 0.6 is 0 Å². The molecule has 1 fully saturated rings. The minimum Gasteiger partial charge on any atom is -0.472 e. The number of hydrogen-bond acceptors (Lipinski definition) is 4. The molecular weight excluding hydrogens is 296 g/mol. The number of ether oxygens (including phenoxy) is 1. The fourth-order valence-corrected chi connectivity index (χ4v) is 2.61. The topological polar surface area (TPSA) is 71.8 Å². The second kappa shape index (κ2) is 9.35. The van der Waals surface area contributed by atoms with Crippen molar-refractivity contribution in [2.75, 3.05) is 26.2 Å². The number of unbranched alkanes of at least 4 members (excludes halogenated alkanes) is 1. The van der Waals surface area contributed by atoms with E-state index in [1.807, 2.05) is 0 Å². The lowest BCUT2D eigenvalue weighted by Crippen LogP contribution is -2.40. The van der Waals surface area contributed by atoms with Gasteiger partial charge in [-0.25, -0.2) is 0 Å². The van der Waals surface area contributed by atoms with Crippen LogP contribution in [-0.2, 0) is 9.53 Å². The maximum Gasteiger partial charge on any atom is 0.257 e. The van der Waals surface area contributed by atoms with E-state index in [4.69, 9.17) is 9.15 Å². The molecular formula is C17H26N2O4. The van der Waals surface area contributed by atoms with Gasteiger partial charge in [0.25, 0.3) is 5.91 Å². The maximum absolute atomic E-state index is 12.5. The van der Waals surface area contributed by atoms with E-state index in [-0.39, 0.29) is 17.9 Å². The van der Waals surface area contributed by atoms with Gasteiger partial charge in [-0.05, 0) is 25.3 Å². The lowest BCUT2D eigenvalue weighted by Gasteiger charge is -2.25. The van der Waals surface area contributed by atoms with Crippen molar-refractivity contribution in [3.8, 4) is 0 Å². The van der Waals surface area contributed by atoms with Crippen molar-refractivity contribution in [3.05, 3.63) is 24.2 Å². The molecule has 0 radical (unpaired) electrons. The van der Waals surface area contributed by atoms with Crippen LogP contribution in [0.3, 0.4) is 0 Å². The molecule has 1 aliphatic rings. The van der Waals surface area contributed by atoms with Gasteiger partial charge in [0, 0.05) is 32.7 Å². The zero-order valence-corrected chi connectivity index (χ0v) is 13.8. The molecule has 1 aliphatic heterocycles. The summed E-state index contributed by atoms with van der Waals surface area (Å²) in [4.78, 5) is 26.1. The maximum atomic E-state index is 12.5. The molecule has 0 saturated carbocycles. The van der Waals surface area contributed by atoms with Gasteiger partial charge in [0.2, 0.25) is 5.91 Å². The molecule has 1 N–H and O–H groups in total. The van der Waals surface area contributed by atoms with Crippen molar-refractivity contribution < 1.29 is 18.7 Å². The molecule has 6 nitrogen and oxygen atoms in total. The molecule has 0 aliphatic carbocycles. The SMILES string of the molecule is CCCCNC(=O)CCN(C[C@H]1CCCO1)C(=O)c1ccoc1. The Morgan fingerprint density at radius 1 is 1.43 bits per heavy atom. The molecule has 6 heteroatoms. The summed E-state index contributed by atoms with van der Waals surface area (Å²) in [5.74, 6) is -0.133. The molecule has 2 amide bonds. The van der Waals surface area contributed by atoms with Crippen molar-refractivity contribution in [1.29, 1.82) is 0 Å². The molecule has 23 heavy (non-hydrogen) atoms. The highest BCUT2D eigenvalue weighted by Crippen LogP contribution is 2.15. The molecule has 1 aromatic heterocycles. The van der Waals surface area contributed by atoms with E-state index in [9.17, 15) is 9.59 Å². The third-order valence-corrected chi connectivity index (χ3v) is 3.96. The summed E-state index contributed by atoms with van der Waals surface area (Å²) in [5, 5.41) is 2.88. The Morgan fingerprint density at radius 3 is 2.96 bits per heavy atom. The minimum atomic E-state index is -0.115. The third-order valence-electron chi connectivity index (χ3n) is 3.96. The summed E-state index contributed by atoms with van der Waals surface area (Å²) < 4.78 is 10.6. The van der Waals surface area contributed by atoms with Crippen molar-refractivity contribution in [3.63, 3.8) is 0 Å². The average molecular weight is 322 g/mol. The summed E-state index contributed by atoms with van der Waals surface area (Å²) >= 11 is 0. The summed E-state index contributed by atoms with van der Waals surface area (Å²) in [6, 6.07) is 1.64. The van der Waals surface area contributed by atoms with Crippen LogP contribution in [0.2, 0.25) is 0 Å². The van der Waals surface area contributed by atoms with E-state index in [1.54, 1.807) is 11.0 Å². The van der Waals surface area contributed by atoms with Crippen molar-refractivity contribution in [2.24, 2.45) is 0 Å². The number of nitrogens with zero attached hydrogens (tertiary/aromatic N) is 1. The van der Waals surface area contributed by atoms with E-state index >= 15 is 0 Å². The highest BCUT2D eigenvalue weighted by atomic mass is 16.5. The largest absolute Gasteiger partial charge is 0.472 e. The number of carbonyl (C=O) groups is 2. The van der Waals surface area contributed by atoms with Crippen LogP contribution in [0.5, 0.6) is 0 Å². The first kappa shape index (κ1) is 17.5. The summed E-state index contributed by atoms with van der Waals surface area (Å²) in [6.07, 6.45) is 7.28. The van der Waals surface area contributed by atoms with Gasteiger partial charge in [-0.15, -0.1) is 0 Å². The number of hydrogen-bond donors (Lipinski definition) is 1. The fourth-order valence-electron chi connectivity index (χ4n) is 2.61. The van der Waals surface area contributed by atoms with Gasteiger partial charge in [0.1, 0.15) is 6.26 Å². The van der Waals surface area contributed by atoms with Gasteiger partial charge in [-0.2, -0.15) is 0 Å². The van der Waals surface area contributed by atoms with E-state index in [2.05, 4.69) is 12.2 Å². The number of nitrogens with one attached hydrogen (secondary N) is 1. The lowest BCUT2D eigenvalue weighted by molar-refractivity contribution is -0.121. The number of furan rings is 1. The first-order valence-corrected chi connectivity index (χ1v) is 8.40. The number of carbonyl (C=O) groups excluding carboxylic acids is 2. The van der Waals surface area contributed by atoms with Gasteiger partial charge in [-0.1, -0.05) is 13.3 Å². The third kappa shape index (κ3) is 5.71. The second-order valence-corrected chi connectivity index (χ2v) is 5.85. The van der Waals surface area contributed by atoms with Crippen molar-refractivity contribution >= 4 is 11.8 Å². The molecule has 128 valence electrons. The fraction of sp³-hybridized carbons (Fsp3) is 0.647. The van der Waals surface area contributed by atoms with Gasteiger partial charge in [0.15, 0.2) is 0 Å². The molecule has 0 bridgehead atoms. The van der Waals surface area contributed by atoms with Crippen LogP contribution in [-0.4, -0.2) is 49.1 Å². The van der Waals surface area contributed by atoms with E-state index < -0.39 is 0 Å². The highest BCUT2D eigenvalue weighted by molar-refractivity contribution is 5.94. The predicted molar refractivity (Wildman–Crippen MR) is 86.1 cm³/mol. The molecule has 1 aromatic rings. The molecule has 1 atom stereocenters. The lowest BCUT2D eigenvalue weighted by atomic mass is 10.2. The van der Waals surface area contributed by atoms with E-state index in [0.717, 1.165) is 32.3 Å². The number of amides is 2. The summed E-state index contributed by atoms with van der Waals surface area (Å²) in [5.41, 5.74) is 0.509. The van der Waals surface area contributed by atoms with Gasteiger partial charge >= 0.3 is 0 Å². The van der Waals surface area contributed by atoms with Crippen LogP contribution in [0, 0.1) is 0 Å². The average Bonchev–Trinajstić information content (AvgIpc) is 3.24. The summed E-state index contributed by atoms with van der Waals surface area (Å²) in [6.45, 7) is 4.43. The molecule has 0 unspecified atom stereocenters. The standard InChI is InChI=1S/C17H26N2O4/c1-2-3-8-18-16(20)6-9-19(12-15-5-4-10-23-15)17(21)14-7-11-22-13-14/h7,11,13,15H,2-6,8-10,12H2,1H3,(H,18,20)/t15-/m1/s1. The quantitative estimate of drug-likeness (QED) is 0.708. The first-order chi connectivity index (χ1) is 11.2. The second-order valence-electron chi connectivity index (χ2n) is 5.85. The predicted octanol–water partition coefficient (Wildman–Crippen LogP) is 2.21. The molecule has 2 heterocycles. The van der Waals surface area contributed by atoms with Crippen molar-refractivity contribution in [2.45, 2.75) is 45.1 Å². The van der Waals surface area contributed by atoms with Gasteiger partial charge in [0.05, 0.1) is 17.9 Å². The van der Waals surface area contributed by atoms with Gasteiger partial charge in [-0.3, -0.25) is 9.59 Å². The van der Waals surface area contributed by atoms with E-state index in [0.29, 0.717) is 31.6 Å². The Morgan fingerprint density at radius 2 is 2.30 bits per heavy atom. The zero-order valence-electron chi connectivity index (χ0n) is 13.8. The van der Waals surface area contributed by atoms with Crippen LogP contribution in [0.4, 0.5) is 0 Å².